The molecule has 0 heterocycles. The summed E-state index contributed by atoms with van der Waals surface area (Å²) in [6.07, 6.45) is 0.903. The van der Waals surface area contributed by atoms with Gasteiger partial charge < -0.3 is 4.90 Å². The van der Waals surface area contributed by atoms with Crippen LogP contribution in [0.1, 0.15) is 36.1 Å². The van der Waals surface area contributed by atoms with Crippen LogP contribution in [0.25, 0.3) is 0 Å². The Balaban J connectivity index is 2.10. The molecule has 1 unspecified atom stereocenters. The van der Waals surface area contributed by atoms with Crippen molar-refractivity contribution in [1.29, 1.82) is 0 Å². The van der Waals surface area contributed by atoms with E-state index in [1.54, 1.807) is 12.1 Å². The second-order valence-corrected chi connectivity index (χ2v) is 6.77. The highest BCUT2D eigenvalue weighted by atomic mass is 19.1. The molecule has 2 aromatic rings. The first-order chi connectivity index (χ1) is 10.9. The van der Waals surface area contributed by atoms with E-state index in [-0.39, 0.29) is 5.82 Å². The Bertz CT molecular complexity index is 643. The van der Waals surface area contributed by atoms with Crippen molar-refractivity contribution in [2.75, 3.05) is 18.0 Å². The van der Waals surface area contributed by atoms with Crippen LogP contribution < -0.4 is 4.90 Å². The van der Waals surface area contributed by atoms with Crippen LogP contribution in [-0.2, 0) is 6.42 Å². The molecule has 0 aliphatic heterocycles. The molecule has 0 N–H and O–H groups in total. The van der Waals surface area contributed by atoms with Gasteiger partial charge in [-0.15, -0.1) is 0 Å². The summed E-state index contributed by atoms with van der Waals surface area (Å²) in [5.41, 5.74) is 6.00. The maximum absolute atomic E-state index is 13.6. The topological polar surface area (TPSA) is 3.24 Å². The van der Waals surface area contributed by atoms with Gasteiger partial charge in [-0.1, -0.05) is 25.1 Å². The van der Waals surface area contributed by atoms with Gasteiger partial charge >= 0.3 is 0 Å². The quantitative estimate of drug-likeness (QED) is 0.685. The minimum atomic E-state index is -0.130. The SMILES string of the molecule is CCN(CC(C)Cc1cc(C)cc(F)c1)c1cc(C)ccc1C. The summed E-state index contributed by atoms with van der Waals surface area (Å²) in [6.45, 7) is 12.7. The predicted molar refractivity (Wildman–Crippen MR) is 97.8 cm³/mol. The lowest BCUT2D eigenvalue weighted by atomic mass is 9.98. The molecule has 124 valence electrons. The van der Waals surface area contributed by atoms with Crippen LogP contribution in [-0.4, -0.2) is 13.1 Å². The molecule has 2 heteroatoms. The minimum absolute atomic E-state index is 0.130. The third-order valence-corrected chi connectivity index (χ3v) is 4.31. The van der Waals surface area contributed by atoms with Crippen molar-refractivity contribution in [3.8, 4) is 0 Å². The molecule has 1 atom stereocenters. The van der Waals surface area contributed by atoms with Crippen LogP contribution in [0.5, 0.6) is 0 Å². The van der Waals surface area contributed by atoms with Crippen LogP contribution in [0.2, 0.25) is 0 Å². The Kier molecular flexibility index (Phi) is 5.81. The van der Waals surface area contributed by atoms with Gasteiger partial charge in [-0.25, -0.2) is 4.39 Å². The van der Waals surface area contributed by atoms with Gasteiger partial charge in [-0.3, -0.25) is 0 Å². The number of rotatable bonds is 6. The lowest BCUT2D eigenvalue weighted by Gasteiger charge is -2.28. The van der Waals surface area contributed by atoms with Crippen molar-refractivity contribution in [1.82, 2.24) is 0 Å². The third kappa shape index (κ3) is 4.82. The van der Waals surface area contributed by atoms with E-state index in [2.05, 4.69) is 56.9 Å². The summed E-state index contributed by atoms with van der Waals surface area (Å²) in [7, 11) is 0. The van der Waals surface area contributed by atoms with Gasteiger partial charge in [0.1, 0.15) is 5.82 Å². The second kappa shape index (κ2) is 7.63. The summed E-state index contributed by atoms with van der Waals surface area (Å²) in [5, 5.41) is 0. The lowest BCUT2D eigenvalue weighted by molar-refractivity contribution is 0.557. The van der Waals surface area contributed by atoms with Gasteiger partial charge in [-0.05, 0) is 80.5 Å². The molecule has 0 fully saturated rings. The zero-order valence-electron chi connectivity index (χ0n) is 15.0. The molecule has 0 bridgehead atoms. The highest BCUT2D eigenvalue weighted by Gasteiger charge is 2.13. The van der Waals surface area contributed by atoms with Crippen molar-refractivity contribution in [3.63, 3.8) is 0 Å². The Morgan fingerprint density at radius 2 is 1.74 bits per heavy atom. The highest BCUT2D eigenvalue weighted by Crippen LogP contribution is 2.23. The summed E-state index contributed by atoms with van der Waals surface area (Å²) >= 11 is 0. The van der Waals surface area contributed by atoms with E-state index in [0.29, 0.717) is 5.92 Å². The Morgan fingerprint density at radius 1 is 1.00 bits per heavy atom. The summed E-state index contributed by atoms with van der Waals surface area (Å²) in [6, 6.07) is 11.9. The van der Waals surface area contributed by atoms with Crippen molar-refractivity contribution in [2.24, 2.45) is 5.92 Å². The van der Waals surface area contributed by atoms with Crippen LogP contribution in [0.3, 0.4) is 0 Å². The van der Waals surface area contributed by atoms with Crippen molar-refractivity contribution >= 4 is 5.69 Å². The molecule has 0 aliphatic rings. The first kappa shape index (κ1) is 17.5. The summed E-state index contributed by atoms with van der Waals surface area (Å²) < 4.78 is 13.6. The van der Waals surface area contributed by atoms with E-state index >= 15 is 0 Å². The molecule has 0 spiro atoms. The predicted octanol–water partition coefficient (Wildman–Crippen LogP) is 5.46. The van der Waals surface area contributed by atoms with Crippen LogP contribution in [0, 0.1) is 32.5 Å². The van der Waals surface area contributed by atoms with Crippen molar-refractivity contribution in [3.05, 3.63) is 64.5 Å². The zero-order chi connectivity index (χ0) is 17.0. The Morgan fingerprint density at radius 3 is 2.39 bits per heavy atom. The lowest BCUT2D eigenvalue weighted by Crippen LogP contribution is -2.29. The molecule has 0 aromatic heterocycles. The molecule has 0 saturated carbocycles. The molecule has 0 saturated heterocycles. The number of aryl methyl sites for hydroxylation is 3. The minimum Gasteiger partial charge on any atom is -0.371 e. The average Bonchev–Trinajstić information content (AvgIpc) is 2.46. The largest absolute Gasteiger partial charge is 0.371 e. The third-order valence-electron chi connectivity index (χ3n) is 4.31. The molecule has 2 aromatic carbocycles. The fraction of sp³-hybridized carbons (Fsp3) is 0.429. The summed E-state index contributed by atoms with van der Waals surface area (Å²) in [4.78, 5) is 2.43. The zero-order valence-corrected chi connectivity index (χ0v) is 15.0. The molecule has 23 heavy (non-hydrogen) atoms. The smallest absolute Gasteiger partial charge is 0.123 e. The van der Waals surface area contributed by atoms with Gasteiger partial charge in [-0.2, -0.15) is 0 Å². The molecular weight excluding hydrogens is 285 g/mol. The first-order valence-corrected chi connectivity index (χ1v) is 8.47. The van der Waals surface area contributed by atoms with Crippen molar-refractivity contribution in [2.45, 2.75) is 41.0 Å². The van der Waals surface area contributed by atoms with Gasteiger partial charge in [0.05, 0.1) is 0 Å². The number of anilines is 1. The Labute approximate surface area is 140 Å². The number of halogens is 1. The van der Waals surface area contributed by atoms with Crippen LogP contribution >= 0.6 is 0 Å². The number of hydrogen-bond donors (Lipinski definition) is 0. The normalized spacial score (nSPS) is 12.3. The van der Waals surface area contributed by atoms with E-state index in [9.17, 15) is 4.39 Å². The maximum atomic E-state index is 13.6. The van der Waals surface area contributed by atoms with Gasteiger partial charge in [0.25, 0.3) is 0 Å². The van der Waals surface area contributed by atoms with Crippen LogP contribution in [0.15, 0.2) is 36.4 Å². The Hall–Kier alpha value is -1.83. The molecule has 0 radical (unpaired) electrons. The van der Waals surface area contributed by atoms with Crippen molar-refractivity contribution < 1.29 is 4.39 Å². The molecule has 0 aliphatic carbocycles. The molecule has 1 nitrogen and oxygen atoms in total. The van der Waals surface area contributed by atoms with E-state index in [0.717, 1.165) is 30.6 Å². The number of benzene rings is 2. The van der Waals surface area contributed by atoms with E-state index < -0.39 is 0 Å². The first-order valence-electron chi connectivity index (χ1n) is 8.47. The van der Waals surface area contributed by atoms with Gasteiger partial charge in [0, 0.05) is 18.8 Å². The van der Waals surface area contributed by atoms with E-state index in [1.807, 2.05) is 6.92 Å². The van der Waals surface area contributed by atoms with Gasteiger partial charge in [0.2, 0.25) is 0 Å². The van der Waals surface area contributed by atoms with Gasteiger partial charge in [0.15, 0.2) is 0 Å². The molecular formula is C21H28FN. The molecule has 0 amide bonds. The monoisotopic (exact) mass is 313 g/mol. The number of nitrogens with zero attached hydrogens (tertiary/aromatic N) is 1. The number of hydrogen-bond acceptors (Lipinski definition) is 1. The maximum Gasteiger partial charge on any atom is 0.123 e. The fourth-order valence-electron chi connectivity index (χ4n) is 3.23. The van der Waals surface area contributed by atoms with E-state index in [4.69, 9.17) is 0 Å². The standard InChI is InChI=1S/C21H28FN/c1-6-23(21-12-15(2)7-8-18(21)5)14-17(4)10-19-9-16(3)11-20(22)13-19/h7-9,11-13,17H,6,10,14H2,1-5H3. The summed E-state index contributed by atoms with van der Waals surface area (Å²) in [5.74, 6) is 0.338. The average molecular weight is 313 g/mol. The second-order valence-electron chi connectivity index (χ2n) is 6.77. The highest BCUT2D eigenvalue weighted by molar-refractivity contribution is 5.54. The van der Waals surface area contributed by atoms with E-state index in [1.165, 1.54) is 16.8 Å². The van der Waals surface area contributed by atoms with Crippen LogP contribution in [0.4, 0.5) is 10.1 Å². The fourth-order valence-corrected chi connectivity index (χ4v) is 3.23. The molecule has 2 rings (SSSR count).